The third-order valence-corrected chi connectivity index (χ3v) is 4.65. The van der Waals surface area contributed by atoms with E-state index in [9.17, 15) is 4.79 Å². The molecule has 2 fully saturated rings. The number of aromatic nitrogens is 2. The molecule has 1 atom stereocenters. The Hall–Kier alpha value is -1.40. The SMILES string of the molecule is CC(C)Cc1cc(CN2CCN3CCN(C)C(=O)C3C2)[nH]n1. The minimum absolute atomic E-state index is 0.0329. The molecule has 0 bridgehead atoms. The number of hydrogen-bond donors (Lipinski definition) is 1. The van der Waals surface area contributed by atoms with Crippen molar-refractivity contribution in [1.82, 2.24) is 24.9 Å². The molecule has 1 aromatic heterocycles. The number of rotatable bonds is 4. The van der Waals surface area contributed by atoms with Gasteiger partial charge in [0.2, 0.25) is 5.91 Å². The number of likely N-dealkylation sites (N-methyl/N-ethyl adjacent to an activating group) is 1. The Labute approximate surface area is 132 Å². The second kappa shape index (κ2) is 6.38. The summed E-state index contributed by atoms with van der Waals surface area (Å²) in [5.41, 5.74) is 2.29. The van der Waals surface area contributed by atoms with Crippen LogP contribution in [0.25, 0.3) is 0 Å². The number of fused-ring (bicyclic) bond motifs is 1. The van der Waals surface area contributed by atoms with Crippen LogP contribution in [0.15, 0.2) is 6.07 Å². The normalized spacial score (nSPS) is 24.1. The van der Waals surface area contributed by atoms with E-state index in [-0.39, 0.29) is 11.9 Å². The van der Waals surface area contributed by atoms with Gasteiger partial charge in [-0.05, 0) is 18.4 Å². The van der Waals surface area contributed by atoms with Crippen molar-refractivity contribution in [3.63, 3.8) is 0 Å². The first-order valence-electron chi connectivity index (χ1n) is 8.27. The second-order valence-corrected chi connectivity index (χ2v) is 7.03. The van der Waals surface area contributed by atoms with Gasteiger partial charge in [0.05, 0.1) is 5.69 Å². The Morgan fingerprint density at radius 3 is 2.86 bits per heavy atom. The van der Waals surface area contributed by atoms with Crippen LogP contribution in [-0.2, 0) is 17.8 Å². The molecule has 0 aliphatic carbocycles. The highest BCUT2D eigenvalue weighted by molar-refractivity contribution is 5.82. The fourth-order valence-corrected chi connectivity index (χ4v) is 3.42. The lowest BCUT2D eigenvalue weighted by molar-refractivity contribution is -0.143. The van der Waals surface area contributed by atoms with E-state index in [1.54, 1.807) is 0 Å². The van der Waals surface area contributed by atoms with Gasteiger partial charge in [0, 0.05) is 52.0 Å². The maximum atomic E-state index is 12.3. The largest absolute Gasteiger partial charge is 0.343 e. The van der Waals surface area contributed by atoms with Crippen LogP contribution in [0.2, 0.25) is 0 Å². The van der Waals surface area contributed by atoms with Gasteiger partial charge in [0.1, 0.15) is 6.04 Å². The molecule has 3 heterocycles. The van der Waals surface area contributed by atoms with Crippen molar-refractivity contribution in [3.05, 3.63) is 17.5 Å². The molecule has 0 aromatic carbocycles. The van der Waals surface area contributed by atoms with Crippen molar-refractivity contribution in [3.8, 4) is 0 Å². The summed E-state index contributed by atoms with van der Waals surface area (Å²) in [6, 6.07) is 2.20. The van der Waals surface area contributed by atoms with E-state index < -0.39 is 0 Å². The molecule has 6 heteroatoms. The number of H-pyrrole nitrogens is 1. The van der Waals surface area contributed by atoms with Crippen LogP contribution in [0, 0.1) is 5.92 Å². The molecular formula is C16H27N5O. The van der Waals surface area contributed by atoms with Crippen molar-refractivity contribution >= 4 is 5.91 Å². The molecular weight excluding hydrogens is 278 g/mol. The molecule has 2 saturated heterocycles. The summed E-state index contributed by atoms with van der Waals surface area (Å²) in [7, 11) is 1.91. The number of nitrogens with one attached hydrogen (secondary N) is 1. The standard InChI is InChI=1S/C16H27N5O/c1-12(2)8-13-9-14(18-17-13)10-20-5-7-21-6-4-19(3)16(22)15(21)11-20/h9,12,15H,4-8,10-11H2,1-3H3,(H,17,18). The van der Waals surface area contributed by atoms with Crippen molar-refractivity contribution in [2.75, 3.05) is 39.8 Å². The Bertz CT molecular complexity index is 526. The Morgan fingerprint density at radius 1 is 1.32 bits per heavy atom. The van der Waals surface area contributed by atoms with Crippen LogP contribution in [0.4, 0.5) is 0 Å². The number of carbonyl (C=O) groups is 1. The third kappa shape index (κ3) is 3.33. The number of nitrogens with zero attached hydrogens (tertiary/aromatic N) is 4. The van der Waals surface area contributed by atoms with Crippen LogP contribution in [0.1, 0.15) is 25.2 Å². The highest BCUT2D eigenvalue weighted by Crippen LogP contribution is 2.18. The van der Waals surface area contributed by atoms with Crippen molar-refractivity contribution in [1.29, 1.82) is 0 Å². The monoisotopic (exact) mass is 305 g/mol. The van der Waals surface area contributed by atoms with Crippen molar-refractivity contribution < 1.29 is 4.79 Å². The van der Waals surface area contributed by atoms with Gasteiger partial charge in [-0.15, -0.1) is 0 Å². The summed E-state index contributed by atoms with van der Waals surface area (Å²) in [6.45, 7) is 9.95. The van der Waals surface area contributed by atoms with Gasteiger partial charge in [-0.2, -0.15) is 5.10 Å². The first-order chi connectivity index (χ1) is 10.5. The minimum atomic E-state index is 0.0329. The van der Waals surface area contributed by atoms with E-state index in [2.05, 4.69) is 39.9 Å². The predicted molar refractivity (Wildman–Crippen MR) is 85.4 cm³/mol. The molecule has 1 amide bonds. The van der Waals surface area contributed by atoms with Crippen LogP contribution < -0.4 is 0 Å². The third-order valence-electron chi connectivity index (χ3n) is 4.65. The Kier molecular flexibility index (Phi) is 4.49. The summed E-state index contributed by atoms with van der Waals surface area (Å²) in [4.78, 5) is 18.9. The van der Waals surface area contributed by atoms with E-state index in [1.165, 1.54) is 0 Å². The smallest absolute Gasteiger partial charge is 0.241 e. The molecule has 2 aliphatic rings. The number of piperazine rings is 2. The lowest BCUT2D eigenvalue weighted by Gasteiger charge is -2.45. The maximum Gasteiger partial charge on any atom is 0.241 e. The first kappa shape index (κ1) is 15.5. The highest BCUT2D eigenvalue weighted by Gasteiger charge is 2.37. The zero-order valence-corrected chi connectivity index (χ0v) is 13.9. The number of amides is 1. The van der Waals surface area contributed by atoms with Crippen molar-refractivity contribution in [2.45, 2.75) is 32.9 Å². The second-order valence-electron chi connectivity index (χ2n) is 7.03. The average molecular weight is 305 g/mol. The van der Waals surface area contributed by atoms with Gasteiger partial charge in [-0.25, -0.2) is 0 Å². The minimum Gasteiger partial charge on any atom is -0.343 e. The summed E-state index contributed by atoms with van der Waals surface area (Å²) in [6.07, 6.45) is 1.01. The zero-order valence-electron chi connectivity index (χ0n) is 13.9. The lowest BCUT2D eigenvalue weighted by atomic mass is 10.1. The molecule has 1 N–H and O–H groups in total. The number of aromatic amines is 1. The predicted octanol–water partition coefficient (Wildman–Crippen LogP) is 0.566. The molecule has 1 aromatic rings. The molecule has 122 valence electrons. The highest BCUT2D eigenvalue weighted by atomic mass is 16.2. The van der Waals surface area contributed by atoms with Gasteiger partial charge in [0.15, 0.2) is 0 Å². The van der Waals surface area contributed by atoms with E-state index in [1.807, 2.05) is 11.9 Å². The van der Waals surface area contributed by atoms with Crippen LogP contribution in [-0.4, -0.2) is 76.6 Å². The average Bonchev–Trinajstić information content (AvgIpc) is 2.90. The van der Waals surface area contributed by atoms with Gasteiger partial charge >= 0.3 is 0 Å². The van der Waals surface area contributed by atoms with Gasteiger partial charge < -0.3 is 4.90 Å². The molecule has 0 spiro atoms. The molecule has 2 aliphatic heterocycles. The number of carbonyl (C=O) groups excluding carboxylic acids is 1. The van der Waals surface area contributed by atoms with Crippen LogP contribution in [0.5, 0.6) is 0 Å². The lowest BCUT2D eigenvalue weighted by Crippen LogP contribution is -2.63. The quantitative estimate of drug-likeness (QED) is 0.883. The molecule has 0 radical (unpaired) electrons. The van der Waals surface area contributed by atoms with E-state index in [0.29, 0.717) is 5.92 Å². The van der Waals surface area contributed by atoms with Gasteiger partial charge in [-0.3, -0.25) is 19.7 Å². The summed E-state index contributed by atoms with van der Waals surface area (Å²) >= 11 is 0. The molecule has 3 rings (SSSR count). The van der Waals surface area contributed by atoms with Crippen LogP contribution >= 0.6 is 0 Å². The molecule has 22 heavy (non-hydrogen) atoms. The van der Waals surface area contributed by atoms with E-state index in [4.69, 9.17) is 0 Å². The van der Waals surface area contributed by atoms with E-state index >= 15 is 0 Å². The number of hydrogen-bond acceptors (Lipinski definition) is 4. The Morgan fingerprint density at radius 2 is 2.09 bits per heavy atom. The van der Waals surface area contributed by atoms with E-state index in [0.717, 1.165) is 57.1 Å². The van der Waals surface area contributed by atoms with Crippen LogP contribution in [0.3, 0.4) is 0 Å². The van der Waals surface area contributed by atoms with Gasteiger partial charge in [0.25, 0.3) is 0 Å². The maximum absolute atomic E-state index is 12.3. The van der Waals surface area contributed by atoms with Crippen molar-refractivity contribution in [2.24, 2.45) is 5.92 Å². The molecule has 1 unspecified atom stereocenters. The fraction of sp³-hybridized carbons (Fsp3) is 0.750. The topological polar surface area (TPSA) is 55.5 Å². The molecule has 6 nitrogen and oxygen atoms in total. The molecule has 0 saturated carbocycles. The fourth-order valence-electron chi connectivity index (χ4n) is 3.42. The first-order valence-corrected chi connectivity index (χ1v) is 8.27. The van der Waals surface area contributed by atoms with Gasteiger partial charge in [-0.1, -0.05) is 13.8 Å². The zero-order chi connectivity index (χ0) is 15.7. The summed E-state index contributed by atoms with van der Waals surface area (Å²) in [5, 5.41) is 7.54. The summed E-state index contributed by atoms with van der Waals surface area (Å²) in [5.74, 6) is 0.885. The summed E-state index contributed by atoms with van der Waals surface area (Å²) < 4.78 is 0. The Balaban J connectivity index is 1.59.